The first-order valence-electron chi connectivity index (χ1n) is 8.03. The van der Waals surface area contributed by atoms with E-state index in [9.17, 15) is 0 Å². The van der Waals surface area contributed by atoms with Crippen LogP contribution < -0.4 is 5.73 Å². The molecule has 2 rings (SSSR count). The molecule has 2 heterocycles. The van der Waals surface area contributed by atoms with Crippen molar-refractivity contribution >= 4 is 0 Å². The van der Waals surface area contributed by atoms with Crippen molar-refractivity contribution in [3.05, 3.63) is 0 Å². The molecule has 4 nitrogen and oxygen atoms in total. The number of rotatable bonds is 5. The van der Waals surface area contributed by atoms with Crippen LogP contribution in [0.1, 0.15) is 33.6 Å². The van der Waals surface area contributed by atoms with Gasteiger partial charge in [-0.05, 0) is 33.2 Å². The van der Waals surface area contributed by atoms with Gasteiger partial charge in [0.2, 0.25) is 0 Å². The fourth-order valence-electron chi connectivity index (χ4n) is 3.64. The molecule has 2 N–H and O–H groups in total. The molecule has 0 radical (unpaired) electrons. The van der Waals surface area contributed by atoms with E-state index in [1.54, 1.807) is 0 Å². The second-order valence-corrected chi connectivity index (χ2v) is 6.57. The highest BCUT2D eigenvalue weighted by molar-refractivity contribution is 5.01. The topological polar surface area (TPSA) is 35.7 Å². The maximum absolute atomic E-state index is 6.17. The van der Waals surface area contributed by atoms with Crippen LogP contribution in [0.4, 0.5) is 0 Å². The van der Waals surface area contributed by atoms with Crippen LogP contribution in [0.2, 0.25) is 0 Å². The molecule has 0 saturated carbocycles. The average molecular weight is 268 g/mol. The van der Waals surface area contributed by atoms with E-state index < -0.39 is 0 Å². The normalized spacial score (nSPS) is 31.4. The lowest BCUT2D eigenvalue weighted by Crippen LogP contribution is -2.61. The fraction of sp³-hybridized carbons (Fsp3) is 1.00. The molecule has 0 aromatic rings. The number of nitrogens with zero attached hydrogens (tertiary/aromatic N) is 3. The van der Waals surface area contributed by atoms with E-state index in [-0.39, 0.29) is 5.54 Å². The lowest BCUT2D eigenvalue weighted by molar-refractivity contribution is 0.0388. The lowest BCUT2D eigenvalue weighted by atomic mass is 9.95. The molecule has 0 spiro atoms. The van der Waals surface area contributed by atoms with Crippen LogP contribution in [-0.2, 0) is 0 Å². The second kappa shape index (κ2) is 6.53. The van der Waals surface area contributed by atoms with Crippen molar-refractivity contribution < 1.29 is 0 Å². The van der Waals surface area contributed by atoms with Gasteiger partial charge in [0, 0.05) is 57.4 Å². The van der Waals surface area contributed by atoms with E-state index in [0.717, 1.165) is 13.1 Å². The molecule has 2 aliphatic rings. The predicted octanol–water partition coefficient (Wildman–Crippen LogP) is 0.826. The summed E-state index contributed by atoms with van der Waals surface area (Å²) in [6, 6.07) is 0.648. The molecule has 2 aliphatic heterocycles. The smallest absolute Gasteiger partial charge is 0.0471 e. The van der Waals surface area contributed by atoms with Gasteiger partial charge in [0.05, 0.1) is 0 Å². The Bertz CT molecular complexity index is 273. The lowest BCUT2D eigenvalue weighted by Gasteiger charge is -2.45. The van der Waals surface area contributed by atoms with E-state index in [2.05, 4.69) is 35.5 Å². The van der Waals surface area contributed by atoms with Crippen LogP contribution in [0, 0.1) is 0 Å². The largest absolute Gasteiger partial charge is 0.329 e. The van der Waals surface area contributed by atoms with Gasteiger partial charge in [0.1, 0.15) is 0 Å². The molecule has 0 bridgehead atoms. The summed E-state index contributed by atoms with van der Waals surface area (Å²) in [6.07, 6.45) is 2.51. The summed E-state index contributed by atoms with van der Waals surface area (Å²) in [5.74, 6) is 0. The van der Waals surface area contributed by atoms with Crippen molar-refractivity contribution in [2.24, 2.45) is 5.73 Å². The van der Waals surface area contributed by atoms with Crippen LogP contribution in [0.25, 0.3) is 0 Å². The first kappa shape index (κ1) is 15.2. The summed E-state index contributed by atoms with van der Waals surface area (Å²) >= 11 is 0. The zero-order valence-electron chi connectivity index (χ0n) is 13.1. The Labute approximate surface area is 118 Å². The van der Waals surface area contributed by atoms with Crippen LogP contribution >= 0.6 is 0 Å². The van der Waals surface area contributed by atoms with Gasteiger partial charge in [-0.2, -0.15) is 0 Å². The molecule has 0 aromatic heterocycles. The van der Waals surface area contributed by atoms with Gasteiger partial charge in [-0.1, -0.05) is 6.92 Å². The Balaban J connectivity index is 1.93. The van der Waals surface area contributed by atoms with Gasteiger partial charge in [0.25, 0.3) is 0 Å². The van der Waals surface area contributed by atoms with Crippen molar-refractivity contribution in [3.8, 4) is 0 Å². The zero-order valence-corrected chi connectivity index (χ0v) is 13.1. The quantitative estimate of drug-likeness (QED) is 0.801. The maximum atomic E-state index is 6.17. The minimum absolute atomic E-state index is 0.253. The van der Waals surface area contributed by atoms with Crippen molar-refractivity contribution in [2.75, 3.05) is 52.4 Å². The van der Waals surface area contributed by atoms with Crippen LogP contribution in [0.5, 0.6) is 0 Å². The zero-order chi connectivity index (χ0) is 13.9. The summed E-state index contributed by atoms with van der Waals surface area (Å²) in [5.41, 5.74) is 6.43. The minimum atomic E-state index is 0.253. The van der Waals surface area contributed by atoms with E-state index in [1.165, 1.54) is 52.1 Å². The number of likely N-dealkylation sites (tertiary alicyclic amines) is 1. The molecule has 19 heavy (non-hydrogen) atoms. The molecule has 1 unspecified atom stereocenters. The third-order valence-corrected chi connectivity index (χ3v) is 5.05. The Morgan fingerprint density at radius 1 is 1.11 bits per heavy atom. The molecule has 0 aliphatic carbocycles. The van der Waals surface area contributed by atoms with E-state index in [1.807, 2.05) is 0 Å². The first-order chi connectivity index (χ1) is 9.11. The third-order valence-electron chi connectivity index (χ3n) is 5.05. The van der Waals surface area contributed by atoms with Gasteiger partial charge >= 0.3 is 0 Å². The van der Waals surface area contributed by atoms with Crippen LogP contribution in [-0.4, -0.2) is 78.6 Å². The van der Waals surface area contributed by atoms with Crippen LogP contribution in [0.15, 0.2) is 0 Å². The Morgan fingerprint density at radius 3 is 2.26 bits per heavy atom. The molecular weight excluding hydrogens is 236 g/mol. The summed E-state index contributed by atoms with van der Waals surface area (Å²) in [6.45, 7) is 16.1. The minimum Gasteiger partial charge on any atom is -0.329 e. The average Bonchev–Trinajstić information content (AvgIpc) is 2.86. The monoisotopic (exact) mass is 268 g/mol. The van der Waals surface area contributed by atoms with Gasteiger partial charge in [-0.15, -0.1) is 0 Å². The molecule has 2 saturated heterocycles. The number of hydrogen-bond acceptors (Lipinski definition) is 4. The fourth-order valence-corrected chi connectivity index (χ4v) is 3.64. The van der Waals surface area contributed by atoms with Crippen molar-refractivity contribution in [3.63, 3.8) is 0 Å². The van der Waals surface area contributed by atoms with Gasteiger partial charge in [-0.25, -0.2) is 0 Å². The van der Waals surface area contributed by atoms with E-state index in [0.29, 0.717) is 6.04 Å². The number of hydrogen-bond donors (Lipinski definition) is 1. The summed E-state index contributed by atoms with van der Waals surface area (Å²) in [7, 11) is 0. The van der Waals surface area contributed by atoms with Crippen molar-refractivity contribution in [2.45, 2.75) is 45.2 Å². The molecule has 0 amide bonds. The van der Waals surface area contributed by atoms with Crippen LogP contribution in [0.3, 0.4) is 0 Å². The maximum Gasteiger partial charge on any atom is 0.0471 e. The summed E-state index contributed by atoms with van der Waals surface area (Å²) in [5, 5.41) is 0. The molecule has 1 atom stereocenters. The second-order valence-electron chi connectivity index (χ2n) is 6.57. The number of piperazine rings is 1. The highest BCUT2D eigenvalue weighted by Gasteiger charge is 2.43. The van der Waals surface area contributed by atoms with Crippen molar-refractivity contribution in [1.29, 1.82) is 0 Å². The third kappa shape index (κ3) is 3.30. The SMILES string of the molecule is CCCN1CCN(C2(CN)CCN(C(C)C)C2)CC1. The molecule has 0 aromatic carbocycles. The number of nitrogens with two attached hydrogens (primary N) is 1. The highest BCUT2D eigenvalue weighted by Crippen LogP contribution is 2.29. The Kier molecular flexibility index (Phi) is 5.23. The van der Waals surface area contributed by atoms with Crippen molar-refractivity contribution in [1.82, 2.24) is 14.7 Å². The summed E-state index contributed by atoms with van der Waals surface area (Å²) in [4.78, 5) is 7.86. The van der Waals surface area contributed by atoms with E-state index in [4.69, 9.17) is 5.73 Å². The molecular formula is C15H32N4. The standard InChI is InChI=1S/C15H32N4/c1-4-6-17-8-10-19(11-9-17)15(12-16)5-7-18(13-15)14(2)3/h14H,4-13,16H2,1-3H3. The Hall–Kier alpha value is -0.160. The molecule has 4 heteroatoms. The first-order valence-corrected chi connectivity index (χ1v) is 8.03. The summed E-state index contributed by atoms with van der Waals surface area (Å²) < 4.78 is 0. The predicted molar refractivity (Wildman–Crippen MR) is 81.4 cm³/mol. The van der Waals surface area contributed by atoms with Gasteiger partial charge in [-0.3, -0.25) is 9.80 Å². The molecule has 112 valence electrons. The highest BCUT2D eigenvalue weighted by atomic mass is 15.3. The van der Waals surface area contributed by atoms with E-state index >= 15 is 0 Å². The molecule has 2 fully saturated rings. The van der Waals surface area contributed by atoms with Gasteiger partial charge < -0.3 is 10.6 Å². The van der Waals surface area contributed by atoms with Gasteiger partial charge in [0.15, 0.2) is 0 Å². The Morgan fingerprint density at radius 2 is 1.79 bits per heavy atom.